The van der Waals surface area contributed by atoms with Gasteiger partial charge in [-0.3, -0.25) is 9.59 Å². The molecule has 1 heterocycles. The second-order valence-corrected chi connectivity index (χ2v) is 4.05. The van der Waals surface area contributed by atoms with Crippen LogP contribution in [0.25, 0.3) is 0 Å². The SMILES string of the molecule is COC(=O)C(Cl)CNC(=O)c1cc(C)oc1C. The highest BCUT2D eigenvalue weighted by Gasteiger charge is 2.19. The molecular formula is C11H14ClNO4. The lowest BCUT2D eigenvalue weighted by Crippen LogP contribution is -2.34. The van der Waals surface area contributed by atoms with Gasteiger partial charge in [0.2, 0.25) is 0 Å². The van der Waals surface area contributed by atoms with Crippen LogP contribution in [0.5, 0.6) is 0 Å². The maximum Gasteiger partial charge on any atom is 0.325 e. The van der Waals surface area contributed by atoms with E-state index >= 15 is 0 Å². The molecule has 0 spiro atoms. The van der Waals surface area contributed by atoms with Gasteiger partial charge in [0.05, 0.1) is 12.7 Å². The normalized spacial score (nSPS) is 12.0. The van der Waals surface area contributed by atoms with Crippen LogP contribution < -0.4 is 5.32 Å². The summed E-state index contributed by atoms with van der Waals surface area (Å²) in [5, 5.41) is 1.64. The number of esters is 1. The number of amides is 1. The third kappa shape index (κ3) is 3.49. The van der Waals surface area contributed by atoms with Gasteiger partial charge in [0.1, 0.15) is 16.9 Å². The van der Waals surface area contributed by atoms with Crippen molar-refractivity contribution in [3.63, 3.8) is 0 Å². The summed E-state index contributed by atoms with van der Waals surface area (Å²) in [5.74, 6) is 0.285. The number of hydrogen-bond donors (Lipinski definition) is 1. The molecule has 0 saturated carbocycles. The molecule has 0 fully saturated rings. The Kier molecular flexibility index (Phi) is 4.57. The standard InChI is InChI=1S/C11H14ClNO4/c1-6-4-8(7(2)17-6)10(14)13-5-9(12)11(15)16-3/h4,9H,5H2,1-3H3,(H,13,14). The first-order valence-electron chi connectivity index (χ1n) is 5.02. The highest BCUT2D eigenvalue weighted by atomic mass is 35.5. The van der Waals surface area contributed by atoms with E-state index in [0.717, 1.165) is 0 Å². The Labute approximate surface area is 104 Å². The molecule has 0 radical (unpaired) electrons. The van der Waals surface area contributed by atoms with Gasteiger partial charge >= 0.3 is 5.97 Å². The van der Waals surface area contributed by atoms with E-state index < -0.39 is 11.3 Å². The summed E-state index contributed by atoms with van der Waals surface area (Å²) in [7, 11) is 1.24. The predicted octanol–water partition coefficient (Wildman–Crippen LogP) is 1.41. The number of methoxy groups -OCH3 is 1. The van der Waals surface area contributed by atoms with Gasteiger partial charge < -0.3 is 14.5 Å². The number of nitrogens with one attached hydrogen (secondary N) is 1. The van der Waals surface area contributed by atoms with Crippen molar-refractivity contribution in [1.82, 2.24) is 5.32 Å². The quantitative estimate of drug-likeness (QED) is 0.656. The molecule has 1 unspecified atom stereocenters. The van der Waals surface area contributed by atoms with Crippen LogP contribution in [0, 0.1) is 13.8 Å². The average molecular weight is 260 g/mol. The van der Waals surface area contributed by atoms with Crippen molar-refractivity contribution < 1.29 is 18.7 Å². The molecule has 0 aliphatic carbocycles. The van der Waals surface area contributed by atoms with Gasteiger partial charge in [0, 0.05) is 6.54 Å². The summed E-state index contributed by atoms with van der Waals surface area (Å²) in [6.45, 7) is 3.46. The second kappa shape index (κ2) is 5.72. The van der Waals surface area contributed by atoms with Gasteiger partial charge in [-0.2, -0.15) is 0 Å². The van der Waals surface area contributed by atoms with Gasteiger partial charge in [-0.15, -0.1) is 11.6 Å². The molecule has 17 heavy (non-hydrogen) atoms. The van der Waals surface area contributed by atoms with E-state index in [9.17, 15) is 9.59 Å². The fourth-order valence-electron chi connectivity index (χ4n) is 1.34. The molecule has 0 aliphatic rings. The lowest BCUT2D eigenvalue weighted by atomic mass is 10.2. The van der Waals surface area contributed by atoms with Crippen molar-refractivity contribution >= 4 is 23.5 Å². The molecule has 0 saturated heterocycles. The minimum absolute atomic E-state index is 0.0106. The maximum atomic E-state index is 11.7. The smallest absolute Gasteiger partial charge is 0.325 e. The number of furan rings is 1. The monoisotopic (exact) mass is 259 g/mol. The number of carbonyl (C=O) groups is 2. The molecule has 5 nitrogen and oxygen atoms in total. The third-order valence-corrected chi connectivity index (χ3v) is 2.52. The Balaban J connectivity index is 2.56. The Morgan fingerprint density at radius 2 is 2.18 bits per heavy atom. The van der Waals surface area contributed by atoms with E-state index in [1.807, 2.05) is 0 Å². The molecule has 1 aromatic heterocycles. The van der Waals surface area contributed by atoms with Gasteiger partial charge in [-0.05, 0) is 19.9 Å². The first kappa shape index (κ1) is 13.6. The van der Waals surface area contributed by atoms with Crippen LogP contribution in [0.3, 0.4) is 0 Å². The number of ether oxygens (including phenoxy) is 1. The van der Waals surface area contributed by atoms with Crippen LogP contribution in [0.4, 0.5) is 0 Å². The van der Waals surface area contributed by atoms with Crippen molar-refractivity contribution in [1.29, 1.82) is 0 Å². The molecule has 6 heteroatoms. The molecule has 1 aromatic rings. The Morgan fingerprint density at radius 3 is 2.65 bits per heavy atom. The number of hydrogen-bond acceptors (Lipinski definition) is 4. The van der Waals surface area contributed by atoms with Gasteiger partial charge in [-0.25, -0.2) is 0 Å². The molecular weight excluding hydrogens is 246 g/mol. The highest BCUT2D eigenvalue weighted by molar-refractivity contribution is 6.30. The van der Waals surface area contributed by atoms with Crippen LogP contribution in [-0.2, 0) is 9.53 Å². The van der Waals surface area contributed by atoms with Crippen molar-refractivity contribution in [2.75, 3.05) is 13.7 Å². The van der Waals surface area contributed by atoms with Crippen LogP contribution in [0.2, 0.25) is 0 Å². The number of carbonyl (C=O) groups excluding carboxylic acids is 2. The molecule has 1 rings (SSSR count). The molecule has 94 valence electrons. The number of alkyl halides is 1. The van der Waals surface area contributed by atoms with E-state index in [1.165, 1.54) is 7.11 Å². The fourth-order valence-corrected chi connectivity index (χ4v) is 1.51. The Bertz CT molecular complexity index is 427. The van der Waals surface area contributed by atoms with Gasteiger partial charge in [-0.1, -0.05) is 0 Å². The van der Waals surface area contributed by atoms with Crippen molar-refractivity contribution in [2.24, 2.45) is 0 Å². The van der Waals surface area contributed by atoms with Crippen LogP contribution >= 0.6 is 11.6 Å². The molecule has 1 N–H and O–H groups in total. The number of halogens is 1. The summed E-state index contributed by atoms with van der Waals surface area (Å²) in [6, 6.07) is 1.63. The minimum Gasteiger partial charge on any atom is -0.468 e. The third-order valence-electron chi connectivity index (χ3n) is 2.18. The van der Waals surface area contributed by atoms with E-state index in [4.69, 9.17) is 16.0 Å². The first-order chi connectivity index (χ1) is 7.95. The zero-order valence-corrected chi connectivity index (χ0v) is 10.6. The predicted molar refractivity (Wildman–Crippen MR) is 62.2 cm³/mol. The maximum absolute atomic E-state index is 11.7. The number of rotatable bonds is 4. The summed E-state index contributed by atoms with van der Waals surface area (Å²) in [6.07, 6.45) is 0. The Morgan fingerprint density at radius 1 is 1.53 bits per heavy atom. The lowest BCUT2D eigenvalue weighted by molar-refractivity contribution is -0.140. The second-order valence-electron chi connectivity index (χ2n) is 3.53. The van der Waals surface area contributed by atoms with Gasteiger partial charge in [0.15, 0.2) is 0 Å². The largest absolute Gasteiger partial charge is 0.468 e. The minimum atomic E-state index is -0.891. The van der Waals surface area contributed by atoms with E-state index in [0.29, 0.717) is 17.1 Å². The van der Waals surface area contributed by atoms with Gasteiger partial charge in [0.25, 0.3) is 5.91 Å². The van der Waals surface area contributed by atoms with Crippen molar-refractivity contribution in [2.45, 2.75) is 19.2 Å². The van der Waals surface area contributed by atoms with Crippen LogP contribution in [0.1, 0.15) is 21.9 Å². The zero-order chi connectivity index (χ0) is 13.0. The molecule has 0 aliphatic heterocycles. The van der Waals surface area contributed by atoms with E-state index in [1.54, 1.807) is 19.9 Å². The first-order valence-corrected chi connectivity index (χ1v) is 5.46. The fraction of sp³-hybridized carbons (Fsp3) is 0.455. The van der Waals surface area contributed by atoms with Crippen molar-refractivity contribution in [3.05, 3.63) is 23.2 Å². The highest BCUT2D eigenvalue weighted by Crippen LogP contribution is 2.13. The average Bonchev–Trinajstić information content (AvgIpc) is 2.63. The van der Waals surface area contributed by atoms with Crippen molar-refractivity contribution in [3.8, 4) is 0 Å². The summed E-state index contributed by atoms with van der Waals surface area (Å²) >= 11 is 5.70. The zero-order valence-electron chi connectivity index (χ0n) is 9.87. The lowest BCUT2D eigenvalue weighted by Gasteiger charge is -2.08. The van der Waals surface area contributed by atoms with E-state index in [2.05, 4.69) is 10.1 Å². The van der Waals surface area contributed by atoms with Crippen LogP contribution in [-0.4, -0.2) is 30.9 Å². The van der Waals surface area contributed by atoms with Crippen LogP contribution in [0.15, 0.2) is 10.5 Å². The topological polar surface area (TPSA) is 68.5 Å². The Hall–Kier alpha value is -1.49. The molecule has 1 amide bonds. The molecule has 0 bridgehead atoms. The summed E-state index contributed by atoms with van der Waals surface area (Å²) in [4.78, 5) is 22.7. The summed E-state index contributed by atoms with van der Waals surface area (Å²) in [5.41, 5.74) is 0.441. The van der Waals surface area contributed by atoms with E-state index in [-0.39, 0.29) is 12.5 Å². The number of aryl methyl sites for hydroxylation is 2. The summed E-state index contributed by atoms with van der Waals surface area (Å²) < 4.78 is 9.66. The molecule has 0 aromatic carbocycles. The molecule has 1 atom stereocenters.